The molecule has 0 atom stereocenters. The summed E-state index contributed by atoms with van der Waals surface area (Å²) in [7, 11) is 0. The Labute approximate surface area is 151 Å². The average molecular weight is 389 g/mol. The van der Waals surface area contributed by atoms with Gasteiger partial charge < -0.3 is 10.2 Å². The van der Waals surface area contributed by atoms with Gasteiger partial charge in [0, 0.05) is 30.9 Å². The van der Waals surface area contributed by atoms with Crippen molar-refractivity contribution in [1.82, 2.24) is 4.90 Å². The minimum atomic E-state index is -0.114. The van der Waals surface area contributed by atoms with Gasteiger partial charge in [0.1, 0.15) is 0 Å². The van der Waals surface area contributed by atoms with Crippen LogP contribution >= 0.6 is 15.9 Å². The van der Waals surface area contributed by atoms with Gasteiger partial charge in [-0.25, -0.2) is 0 Å². The van der Waals surface area contributed by atoms with Gasteiger partial charge in [-0.05, 0) is 40.5 Å². The van der Waals surface area contributed by atoms with Crippen molar-refractivity contribution >= 4 is 33.4 Å². The van der Waals surface area contributed by atoms with E-state index in [1.165, 1.54) is 6.92 Å². The molecule has 0 spiro atoms. The van der Waals surface area contributed by atoms with Crippen LogP contribution in [0.4, 0.5) is 5.69 Å². The lowest BCUT2D eigenvalue weighted by Crippen LogP contribution is -2.31. The molecule has 0 bridgehead atoms. The smallest absolute Gasteiger partial charge is 0.226 e. The van der Waals surface area contributed by atoms with E-state index in [2.05, 4.69) is 27.3 Å². The molecule has 4 nitrogen and oxygen atoms in total. The second-order valence-electron chi connectivity index (χ2n) is 5.71. The number of hydrogen-bond donors (Lipinski definition) is 1. The van der Waals surface area contributed by atoms with Crippen molar-refractivity contribution in [3.8, 4) is 0 Å². The average Bonchev–Trinajstić information content (AvgIpc) is 2.53. The molecule has 2 amide bonds. The number of carbonyl (C=O) groups is 2. The fourth-order valence-corrected chi connectivity index (χ4v) is 2.77. The molecule has 0 fully saturated rings. The largest absolute Gasteiger partial charge is 0.338 e. The SMILES string of the molecule is CC(=O)N(CCC(=O)Nc1ccccc1Br)Cc1cccc(C)c1. The van der Waals surface area contributed by atoms with E-state index in [9.17, 15) is 9.59 Å². The highest BCUT2D eigenvalue weighted by atomic mass is 79.9. The third-order valence-corrected chi connectivity index (χ3v) is 4.35. The maximum Gasteiger partial charge on any atom is 0.226 e. The lowest BCUT2D eigenvalue weighted by atomic mass is 10.1. The molecule has 0 aliphatic rings. The minimum absolute atomic E-state index is 0.0369. The lowest BCUT2D eigenvalue weighted by molar-refractivity contribution is -0.129. The molecular weight excluding hydrogens is 368 g/mol. The van der Waals surface area contributed by atoms with Crippen molar-refractivity contribution in [2.24, 2.45) is 0 Å². The van der Waals surface area contributed by atoms with Crippen LogP contribution in [0.2, 0.25) is 0 Å². The van der Waals surface area contributed by atoms with E-state index >= 15 is 0 Å². The van der Waals surface area contributed by atoms with Crippen molar-refractivity contribution < 1.29 is 9.59 Å². The Balaban J connectivity index is 1.92. The minimum Gasteiger partial charge on any atom is -0.338 e. The highest BCUT2D eigenvalue weighted by molar-refractivity contribution is 9.10. The number of hydrogen-bond acceptors (Lipinski definition) is 2. The monoisotopic (exact) mass is 388 g/mol. The van der Waals surface area contributed by atoms with E-state index in [1.807, 2.05) is 49.4 Å². The van der Waals surface area contributed by atoms with Crippen molar-refractivity contribution in [3.05, 3.63) is 64.1 Å². The predicted molar refractivity (Wildman–Crippen MR) is 99.7 cm³/mol. The molecule has 0 aromatic heterocycles. The van der Waals surface area contributed by atoms with Crippen LogP contribution in [0.25, 0.3) is 0 Å². The molecule has 2 aromatic carbocycles. The quantitative estimate of drug-likeness (QED) is 0.808. The lowest BCUT2D eigenvalue weighted by Gasteiger charge is -2.21. The van der Waals surface area contributed by atoms with E-state index in [-0.39, 0.29) is 18.2 Å². The zero-order valence-electron chi connectivity index (χ0n) is 13.9. The Kier molecular flexibility index (Phi) is 6.55. The fourth-order valence-electron chi connectivity index (χ4n) is 2.39. The summed E-state index contributed by atoms with van der Waals surface area (Å²) in [5.41, 5.74) is 2.95. The van der Waals surface area contributed by atoms with Crippen LogP contribution in [0.15, 0.2) is 53.0 Å². The summed E-state index contributed by atoms with van der Waals surface area (Å²) in [6.45, 7) is 4.45. The van der Waals surface area contributed by atoms with Crippen LogP contribution in [0, 0.1) is 6.92 Å². The number of carbonyl (C=O) groups excluding carboxylic acids is 2. The number of para-hydroxylation sites is 1. The topological polar surface area (TPSA) is 49.4 Å². The van der Waals surface area contributed by atoms with Crippen LogP contribution in [0.5, 0.6) is 0 Å². The van der Waals surface area contributed by atoms with Gasteiger partial charge in [-0.3, -0.25) is 9.59 Å². The Morgan fingerprint density at radius 3 is 2.54 bits per heavy atom. The van der Waals surface area contributed by atoms with Crippen molar-refractivity contribution in [1.29, 1.82) is 0 Å². The van der Waals surface area contributed by atoms with Crippen molar-refractivity contribution in [2.45, 2.75) is 26.8 Å². The van der Waals surface area contributed by atoms with Gasteiger partial charge in [0.25, 0.3) is 0 Å². The Hall–Kier alpha value is -2.14. The van der Waals surface area contributed by atoms with Gasteiger partial charge >= 0.3 is 0 Å². The molecule has 0 unspecified atom stereocenters. The first-order valence-electron chi connectivity index (χ1n) is 7.81. The molecule has 0 aliphatic heterocycles. The van der Waals surface area contributed by atoms with Crippen LogP contribution < -0.4 is 5.32 Å². The standard InChI is InChI=1S/C19H21BrN2O2/c1-14-6-5-7-16(12-14)13-22(15(2)23)11-10-19(24)21-18-9-4-3-8-17(18)20/h3-9,12H,10-11,13H2,1-2H3,(H,21,24). The Morgan fingerprint density at radius 2 is 1.88 bits per heavy atom. The zero-order valence-corrected chi connectivity index (χ0v) is 15.5. The molecule has 0 heterocycles. The van der Waals surface area contributed by atoms with Crippen molar-refractivity contribution in [2.75, 3.05) is 11.9 Å². The van der Waals surface area contributed by atoms with Crippen LogP contribution in [-0.4, -0.2) is 23.3 Å². The Morgan fingerprint density at radius 1 is 1.12 bits per heavy atom. The highest BCUT2D eigenvalue weighted by Gasteiger charge is 2.12. The summed E-state index contributed by atoms with van der Waals surface area (Å²) in [4.78, 5) is 25.7. The number of anilines is 1. The van der Waals surface area contributed by atoms with Gasteiger partial charge in [0.15, 0.2) is 0 Å². The summed E-state index contributed by atoms with van der Waals surface area (Å²) >= 11 is 3.40. The molecule has 2 rings (SSSR count). The third kappa shape index (κ3) is 5.49. The third-order valence-electron chi connectivity index (χ3n) is 3.66. The molecule has 0 radical (unpaired) electrons. The normalized spacial score (nSPS) is 10.3. The second-order valence-corrected chi connectivity index (χ2v) is 6.56. The number of aryl methyl sites for hydroxylation is 1. The summed E-state index contributed by atoms with van der Waals surface area (Å²) in [6, 6.07) is 15.5. The van der Waals surface area contributed by atoms with Crippen molar-refractivity contribution in [3.63, 3.8) is 0 Å². The summed E-state index contributed by atoms with van der Waals surface area (Å²) in [5.74, 6) is -0.150. The molecule has 24 heavy (non-hydrogen) atoms. The van der Waals surface area contributed by atoms with Gasteiger partial charge in [-0.1, -0.05) is 42.0 Å². The number of halogens is 1. The molecule has 5 heteroatoms. The fraction of sp³-hybridized carbons (Fsp3) is 0.263. The number of amides is 2. The van der Waals surface area contributed by atoms with E-state index in [1.54, 1.807) is 4.90 Å². The molecule has 0 aliphatic carbocycles. The second kappa shape index (κ2) is 8.64. The van der Waals surface area contributed by atoms with E-state index in [0.717, 1.165) is 21.3 Å². The van der Waals surface area contributed by atoms with Gasteiger partial charge in [-0.2, -0.15) is 0 Å². The van der Waals surface area contributed by atoms with E-state index in [4.69, 9.17) is 0 Å². The summed E-state index contributed by atoms with van der Waals surface area (Å²) in [6.07, 6.45) is 0.257. The summed E-state index contributed by atoms with van der Waals surface area (Å²) in [5, 5.41) is 2.85. The predicted octanol–water partition coefficient (Wildman–Crippen LogP) is 4.13. The zero-order chi connectivity index (χ0) is 17.5. The maximum atomic E-state index is 12.1. The van der Waals surface area contributed by atoms with Gasteiger partial charge in [-0.15, -0.1) is 0 Å². The number of nitrogens with zero attached hydrogens (tertiary/aromatic N) is 1. The van der Waals surface area contributed by atoms with Crippen LogP contribution in [0.1, 0.15) is 24.5 Å². The van der Waals surface area contributed by atoms with E-state index in [0.29, 0.717) is 13.1 Å². The number of nitrogens with one attached hydrogen (secondary N) is 1. The molecule has 1 N–H and O–H groups in total. The maximum absolute atomic E-state index is 12.1. The van der Waals surface area contributed by atoms with Gasteiger partial charge in [0.2, 0.25) is 11.8 Å². The first-order valence-corrected chi connectivity index (χ1v) is 8.60. The number of benzene rings is 2. The molecular formula is C19H21BrN2O2. The van der Waals surface area contributed by atoms with Crippen LogP contribution in [0.3, 0.4) is 0 Å². The molecule has 0 saturated heterocycles. The summed E-state index contributed by atoms with van der Waals surface area (Å²) < 4.78 is 0.835. The highest BCUT2D eigenvalue weighted by Crippen LogP contribution is 2.21. The molecule has 126 valence electrons. The van der Waals surface area contributed by atoms with Crippen LogP contribution in [-0.2, 0) is 16.1 Å². The van der Waals surface area contributed by atoms with E-state index < -0.39 is 0 Å². The first-order chi connectivity index (χ1) is 11.5. The number of rotatable bonds is 6. The first kappa shape index (κ1) is 18.2. The molecule has 0 saturated carbocycles. The Bertz CT molecular complexity index is 731. The van der Waals surface area contributed by atoms with Gasteiger partial charge in [0.05, 0.1) is 5.69 Å². The molecule has 2 aromatic rings.